The molecule has 17 amide bonds. The third-order valence-electron chi connectivity index (χ3n) is 20.0. The number of unbranched alkanes of at least 4 members (excludes halogenated alkanes) is 4. The Kier molecular flexibility index (Phi) is 50.2. The van der Waals surface area contributed by atoms with Gasteiger partial charge in [-0.1, -0.05) is 156 Å². The number of rotatable bonds is 47. The molecule has 1 saturated heterocycles. The number of hydrogen-bond acceptors (Lipinski definition) is 21. The number of carboxylic acid groups (broad SMARTS) is 1. The number of primary amides is 3. The van der Waals surface area contributed by atoms with Gasteiger partial charge in [0.1, 0.15) is 91.2 Å². The maximum Gasteiger partial charge on any atom is 0.329 e. The molecule has 39 nitrogen and oxygen atoms in total. The van der Waals surface area contributed by atoms with Crippen LogP contribution in [-0.4, -0.2) is 220 Å². The normalized spacial score (nSPS) is 20.9. The number of cyclic esters (lactones) is 1. The molecule has 1 aliphatic heterocycles. The third kappa shape index (κ3) is 43.3. The third-order valence-corrected chi connectivity index (χ3v) is 20.0. The Bertz CT molecular complexity index is 3480. The molecule has 22 N–H and O–H groups in total. The van der Waals surface area contributed by atoms with Gasteiger partial charge in [0.05, 0.1) is 12.5 Å². The maximum absolute atomic E-state index is 15.0. The number of ether oxygens (including phenoxy) is 1. The minimum Gasteiger partial charge on any atom is -0.481 e. The van der Waals surface area contributed by atoms with Crippen molar-refractivity contribution in [3.63, 3.8) is 0 Å². The van der Waals surface area contributed by atoms with Crippen LogP contribution >= 0.6 is 0 Å². The Morgan fingerprint density at radius 1 is 0.430 bits per heavy atom. The molecule has 16 atom stereocenters. The van der Waals surface area contributed by atoms with E-state index in [2.05, 4.69) is 81.4 Å². The van der Waals surface area contributed by atoms with Gasteiger partial charge in [0.25, 0.3) is 0 Å². The van der Waals surface area contributed by atoms with Crippen molar-refractivity contribution in [3.8, 4) is 0 Å². The van der Waals surface area contributed by atoms with Crippen LogP contribution in [-0.2, 0) is 95.8 Å². The van der Waals surface area contributed by atoms with E-state index in [1.807, 2.05) is 0 Å². The largest absolute Gasteiger partial charge is 0.481 e. The first-order valence-corrected chi connectivity index (χ1v) is 42.6. The van der Waals surface area contributed by atoms with Crippen LogP contribution in [0, 0.1) is 47.3 Å². The number of aliphatic hydroxyl groups excluding tert-OH is 1. The molecular formula is C82H143N17O22. The maximum atomic E-state index is 15.0. The summed E-state index contributed by atoms with van der Waals surface area (Å²) >= 11 is 0. The van der Waals surface area contributed by atoms with E-state index in [4.69, 9.17) is 21.9 Å². The van der Waals surface area contributed by atoms with E-state index < -0.39 is 285 Å². The number of carbonyl (C=O) groups excluding carboxylic acids is 18. The lowest BCUT2D eigenvalue weighted by molar-refractivity contribution is -0.152. The Balaban J connectivity index is 4.12. The number of amides is 17. The molecule has 1 aliphatic rings. The fourth-order valence-corrected chi connectivity index (χ4v) is 13.0. The molecule has 688 valence electrons. The summed E-state index contributed by atoms with van der Waals surface area (Å²) in [5.74, 6) is -23.2. The van der Waals surface area contributed by atoms with Crippen LogP contribution in [0.15, 0.2) is 0 Å². The lowest BCUT2D eigenvalue weighted by Crippen LogP contribution is -2.62. The average molecular weight is 1720 g/mol. The first-order chi connectivity index (χ1) is 56.4. The van der Waals surface area contributed by atoms with E-state index in [-0.39, 0.29) is 68.6 Å². The molecule has 0 aromatic rings. The molecule has 1 rings (SSSR count). The summed E-state index contributed by atoms with van der Waals surface area (Å²) in [5.41, 5.74) is 16.6. The summed E-state index contributed by atoms with van der Waals surface area (Å²) in [6.45, 7) is 28.9. The number of esters is 1. The number of carbonyl (C=O) groups is 19. The quantitative estimate of drug-likeness (QED) is 0.0275. The molecule has 1 fully saturated rings. The highest BCUT2D eigenvalue weighted by molar-refractivity contribution is 6.01. The highest BCUT2D eigenvalue weighted by atomic mass is 16.5. The predicted molar refractivity (Wildman–Crippen MR) is 446 cm³/mol. The summed E-state index contributed by atoms with van der Waals surface area (Å²) < 4.78 is 5.77. The van der Waals surface area contributed by atoms with Gasteiger partial charge in [0.15, 0.2) is 0 Å². The Morgan fingerprint density at radius 2 is 0.835 bits per heavy atom. The van der Waals surface area contributed by atoms with Gasteiger partial charge < -0.3 is 107 Å². The zero-order valence-corrected chi connectivity index (χ0v) is 74.1. The van der Waals surface area contributed by atoms with Crippen molar-refractivity contribution in [1.29, 1.82) is 0 Å². The van der Waals surface area contributed by atoms with E-state index in [9.17, 15) is 96.5 Å². The predicted octanol–water partition coefficient (Wildman–Crippen LogP) is -0.288. The van der Waals surface area contributed by atoms with Crippen molar-refractivity contribution in [2.75, 3.05) is 6.61 Å². The molecule has 0 aromatic carbocycles. The Morgan fingerprint density at radius 3 is 1.27 bits per heavy atom. The highest BCUT2D eigenvalue weighted by Gasteiger charge is 2.41. The fraction of sp³-hybridized carbons (Fsp3) is 0.768. The number of nitrogens with one attached hydrogen (secondary N) is 14. The van der Waals surface area contributed by atoms with E-state index >= 15 is 4.79 Å². The van der Waals surface area contributed by atoms with Gasteiger partial charge in [-0.25, -0.2) is 4.79 Å². The van der Waals surface area contributed by atoms with Crippen molar-refractivity contribution < 1.29 is 106 Å². The average Bonchev–Trinajstić information content (AvgIpc) is 1.19. The van der Waals surface area contributed by atoms with Crippen LogP contribution in [0.5, 0.6) is 0 Å². The molecule has 0 spiro atoms. The Hall–Kier alpha value is -10.1. The molecule has 1 unspecified atom stereocenters. The van der Waals surface area contributed by atoms with Crippen LogP contribution in [0.1, 0.15) is 259 Å². The van der Waals surface area contributed by atoms with Crippen molar-refractivity contribution >= 4 is 112 Å². The van der Waals surface area contributed by atoms with Crippen molar-refractivity contribution in [2.24, 2.45) is 64.5 Å². The number of carboxylic acids is 1. The van der Waals surface area contributed by atoms with Crippen molar-refractivity contribution in [1.82, 2.24) is 74.4 Å². The van der Waals surface area contributed by atoms with Gasteiger partial charge in [-0.05, 0) is 118 Å². The van der Waals surface area contributed by atoms with E-state index in [1.54, 1.807) is 83.1 Å². The van der Waals surface area contributed by atoms with Crippen molar-refractivity contribution in [3.05, 3.63) is 0 Å². The highest BCUT2D eigenvalue weighted by Crippen LogP contribution is 2.19. The molecule has 0 bridgehead atoms. The van der Waals surface area contributed by atoms with E-state index in [1.165, 1.54) is 34.6 Å². The molecule has 0 aromatic heterocycles. The van der Waals surface area contributed by atoms with Gasteiger partial charge in [0.2, 0.25) is 100 Å². The lowest BCUT2D eigenvalue weighted by Gasteiger charge is -2.30. The van der Waals surface area contributed by atoms with Crippen molar-refractivity contribution in [2.45, 2.75) is 350 Å². The fourth-order valence-electron chi connectivity index (χ4n) is 13.0. The van der Waals surface area contributed by atoms with Gasteiger partial charge in [0, 0.05) is 25.7 Å². The molecule has 0 aliphatic carbocycles. The summed E-state index contributed by atoms with van der Waals surface area (Å²) in [7, 11) is 0. The molecule has 1 heterocycles. The number of aliphatic hydroxyl groups is 1. The first-order valence-electron chi connectivity index (χ1n) is 42.6. The monoisotopic (exact) mass is 1720 g/mol. The standard InChI is InChI=1S/C82H143N17O22/c1-19-21-22-23-24-25-50(100)39-64(104)87-55(34-41(3)4)75(113)91-54(29-33-65(105)106)70(108)88-53(28-32-63(85)103)73(111)97-66(46(13)14)80(118)94-59(38-45(11)12)77(115)90-52(27-31-62(84)102)72(110)96-60-40-121-82(120)68(48(17)20-2)99-69(107)49(18)86-74(112)56(35-42(5)6)93-78(116)57(36-43(7)8)92-71(109)51(26-30-61(83)101)89-76(114)58(37-44(9)10)95-81(119)67(47(15)16)98-79(60)117/h41-60,66-68,100H,19-40H2,1-18H3,(H2,83,101)(H2,84,102)(H2,85,103)(H,86,112)(H,87,104)(H,88,108)(H,89,114)(H,90,115)(H,91,113)(H,92,109)(H,93,116)(H,94,118)(H,95,119)(H,96,110)(H,97,111)(H,98,117)(H,99,107)(H,105,106)/t48-,49+,50?,51+,52-,53+,54+,55-,56-,57-,58+,59+,60+,66+,67+,68-/m0/s1. The smallest absolute Gasteiger partial charge is 0.329 e. The van der Waals surface area contributed by atoms with Crippen LogP contribution in [0.3, 0.4) is 0 Å². The zero-order chi connectivity index (χ0) is 92.4. The van der Waals surface area contributed by atoms with Crippen LogP contribution in [0.4, 0.5) is 0 Å². The molecule has 0 saturated carbocycles. The molecule has 39 heteroatoms. The summed E-state index contributed by atoms with van der Waals surface area (Å²) in [5, 5.41) is 56.2. The van der Waals surface area contributed by atoms with Gasteiger partial charge in [-0.15, -0.1) is 0 Å². The second kappa shape index (κ2) is 55.7. The minimum atomic E-state index is -2.05. The number of hydrogen-bond donors (Lipinski definition) is 19. The van der Waals surface area contributed by atoms with E-state index in [0.29, 0.717) is 12.8 Å². The summed E-state index contributed by atoms with van der Waals surface area (Å²) in [4.78, 5) is 266. The first kappa shape index (κ1) is 109. The topological polar surface area (TPSA) is 620 Å². The van der Waals surface area contributed by atoms with Crippen LogP contribution < -0.4 is 91.6 Å². The second-order valence-electron chi connectivity index (χ2n) is 34.5. The van der Waals surface area contributed by atoms with Gasteiger partial charge >= 0.3 is 11.9 Å². The van der Waals surface area contributed by atoms with Crippen LogP contribution in [0.25, 0.3) is 0 Å². The zero-order valence-electron chi connectivity index (χ0n) is 74.1. The molecule has 0 radical (unpaired) electrons. The molecular weight excluding hydrogens is 1570 g/mol. The number of aliphatic carboxylic acids is 1. The minimum absolute atomic E-state index is 0.00321. The van der Waals surface area contributed by atoms with Crippen LogP contribution in [0.2, 0.25) is 0 Å². The summed E-state index contributed by atoms with van der Waals surface area (Å²) in [6, 6.07) is -22.1. The molecule has 121 heavy (non-hydrogen) atoms. The van der Waals surface area contributed by atoms with Gasteiger partial charge in [-0.3, -0.25) is 86.3 Å². The van der Waals surface area contributed by atoms with E-state index in [0.717, 1.165) is 25.7 Å². The number of nitrogens with two attached hydrogens (primary N) is 3. The lowest BCUT2D eigenvalue weighted by atomic mass is 9.98. The van der Waals surface area contributed by atoms with Gasteiger partial charge in [-0.2, -0.15) is 0 Å². The Labute approximate surface area is 711 Å². The summed E-state index contributed by atoms with van der Waals surface area (Å²) in [6.07, 6.45) is -0.855. The second-order valence-corrected chi connectivity index (χ2v) is 34.5. The SMILES string of the molecule is CCCCCCCC(O)CC(=O)N[C@@H](CC(C)C)C(=O)N[C@H](CCC(=O)O)C(=O)N[C@H](CCC(N)=O)C(=O)N[C@@H](C(=O)N[C@H](CC(C)C)C(=O)N[C@@H](CCC(N)=O)C(=O)N[C@@H]1COC(=O)[C@H]([C@@H](C)CC)NC(=O)[C@@H](C)NC(=O)[C@H](CC(C)C)NC(=O)[C@H](CC(C)C)NC(=O)[C@@H](CCC(N)=O)NC(=O)[C@@H](CC(C)C)NC(=O)[C@@H](C(C)C)NC1=O)C(C)C.